The Labute approximate surface area is 89.6 Å². The molecule has 0 radical (unpaired) electrons. The van der Waals surface area contributed by atoms with Crippen molar-refractivity contribution >= 4 is 0 Å². The average molecular weight is 207 g/mol. The van der Waals surface area contributed by atoms with Crippen molar-refractivity contribution in [3.63, 3.8) is 0 Å². The molecule has 82 valence electrons. The molecule has 3 rings (SSSR count). The first-order valence-electron chi connectivity index (χ1n) is 5.77. The van der Waals surface area contributed by atoms with Crippen LogP contribution in [0, 0.1) is 6.92 Å². The van der Waals surface area contributed by atoms with Crippen molar-refractivity contribution in [1.82, 2.24) is 14.9 Å². The third-order valence-electron chi connectivity index (χ3n) is 3.43. The summed E-state index contributed by atoms with van der Waals surface area (Å²) in [5.41, 5.74) is 2.58. The number of piperidine rings is 1. The van der Waals surface area contributed by atoms with Gasteiger partial charge in [-0.05, 0) is 32.9 Å². The SMILES string of the molecule is Cc1nc2n(c1C1CCNCC1)CCO2. The van der Waals surface area contributed by atoms with Crippen LogP contribution in [0.3, 0.4) is 0 Å². The largest absolute Gasteiger partial charge is 0.463 e. The van der Waals surface area contributed by atoms with Crippen molar-refractivity contribution in [3.05, 3.63) is 11.4 Å². The fraction of sp³-hybridized carbons (Fsp3) is 0.727. The van der Waals surface area contributed by atoms with Gasteiger partial charge >= 0.3 is 0 Å². The van der Waals surface area contributed by atoms with Gasteiger partial charge in [0.2, 0.25) is 0 Å². The lowest BCUT2D eigenvalue weighted by atomic mass is 9.93. The number of ether oxygens (including phenoxy) is 1. The molecule has 3 heterocycles. The predicted molar refractivity (Wildman–Crippen MR) is 57.3 cm³/mol. The number of nitrogens with zero attached hydrogens (tertiary/aromatic N) is 2. The molecule has 2 aliphatic rings. The van der Waals surface area contributed by atoms with Crippen molar-refractivity contribution < 1.29 is 4.74 Å². The second-order valence-electron chi connectivity index (χ2n) is 4.39. The molecule has 15 heavy (non-hydrogen) atoms. The minimum absolute atomic E-state index is 0.675. The first kappa shape index (κ1) is 9.21. The Hall–Kier alpha value is -1.03. The van der Waals surface area contributed by atoms with E-state index in [2.05, 4.69) is 21.8 Å². The highest BCUT2D eigenvalue weighted by Gasteiger charge is 2.26. The van der Waals surface area contributed by atoms with E-state index in [4.69, 9.17) is 4.74 Å². The van der Waals surface area contributed by atoms with Gasteiger partial charge in [0.15, 0.2) is 0 Å². The second kappa shape index (κ2) is 3.52. The van der Waals surface area contributed by atoms with E-state index in [1.54, 1.807) is 0 Å². The number of fused-ring (bicyclic) bond motifs is 1. The number of rotatable bonds is 1. The van der Waals surface area contributed by atoms with Crippen LogP contribution in [0.1, 0.15) is 30.1 Å². The normalized spacial score (nSPS) is 21.4. The highest BCUT2D eigenvalue weighted by molar-refractivity contribution is 5.25. The number of imidazole rings is 1. The van der Waals surface area contributed by atoms with E-state index in [9.17, 15) is 0 Å². The van der Waals surface area contributed by atoms with Crippen molar-refractivity contribution in [2.75, 3.05) is 19.7 Å². The van der Waals surface area contributed by atoms with Gasteiger partial charge in [-0.1, -0.05) is 0 Å². The smallest absolute Gasteiger partial charge is 0.296 e. The Morgan fingerprint density at radius 1 is 1.40 bits per heavy atom. The molecular formula is C11H17N3O. The summed E-state index contributed by atoms with van der Waals surface area (Å²) in [5.74, 6) is 0.675. The lowest BCUT2D eigenvalue weighted by Crippen LogP contribution is -2.28. The van der Waals surface area contributed by atoms with Crippen LogP contribution in [0.15, 0.2) is 0 Å². The Morgan fingerprint density at radius 2 is 2.20 bits per heavy atom. The van der Waals surface area contributed by atoms with Gasteiger partial charge in [-0.3, -0.25) is 4.57 Å². The third-order valence-corrected chi connectivity index (χ3v) is 3.43. The van der Waals surface area contributed by atoms with E-state index >= 15 is 0 Å². The predicted octanol–water partition coefficient (Wildman–Crippen LogP) is 1.05. The quantitative estimate of drug-likeness (QED) is 0.748. The van der Waals surface area contributed by atoms with E-state index in [0.29, 0.717) is 5.92 Å². The molecule has 1 aromatic rings. The van der Waals surface area contributed by atoms with Crippen LogP contribution >= 0.6 is 0 Å². The van der Waals surface area contributed by atoms with Gasteiger partial charge in [0.05, 0.1) is 12.2 Å². The van der Waals surface area contributed by atoms with Crippen molar-refractivity contribution in [3.8, 4) is 6.01 Å². The zero-order chi connectivity index (χ0) is 10.3. The topological polar surface area (TPSA) is 39.1 Å². The average Bonchev–Trinajstić information content (AvgIpc) is 2.78. The highest BCUT2D eigenvalue weighted by atomic mass is 16.5. The molecule has 0 aromatic carbocycles. The van der Waals surface area contributed by atoms with Gasteiger partial charge in [0.25, 0.3) is 6.01 Å². The maximum absolute atomic E-state index is 5.49. The fourth-order valence-electron chi connectivity index (χ4n) is 2.73. The lowest BCUT2D eigenvalue weighted by Gasteiger charge is -2.23. The molecule has 1 saturated heterocycles. The zero-order valence-corrected chi connectivity index (χ0v) is 9.12. The Kier molecular flexibility index (Phi) is 2.16. The number of nitrogens with one attached hydrogen (secondary N) is 1. The lowest BCUT2D eigenvalue weighted by molar-refractivity contribution is 0.344. The number of hydrogen-bond donors (Lipinski definition) is 1. The molecule has 4 heteroatoms. The summed E-state index contributed by atoms with van der Waals surface area (Å²) in [4.78, 5) is 4.49. The molecule has 2 aliphatic heterocycles. The van der Waals surface area contributed by atoms with Gasteiger partial charge in [-0.2, -0.15) is 0 Å². The molecule has 0 bridgehead atoms. The van der Waals surface area contributed by atoms with Crippen molar-refractivity contribution in [2.24, 2.45) is 0 Å². The Bertz CT molecular complexity index is 366. The van der Waals surface area contributed by atoms with Crippen LogP contribution in [-0.2, 0) is 6.54 Å². The molecule has 0 saturated carbocycles. The summed E-state index contributed by atoms with van der Waals surface area (Å²) < 4.78 is 7.76. The molecule has 1 fully saturated rings. The number of hydrogen-bond acceptors (Lipinski definition) is 3. The Morgan fingerprint density at radius 3 is 3.00 bits per heavy atom. The van der Waals surface area contributed by atoms with Crippen LogP contribution in [0.4, 0.5) is 0 Å². The number of aryl methyl sites for hydroxylation is 1. The number of aromatic nitrogens is 2. The van der Waals surface area contributed by atoms with Crippen LogP contribution in [-0.4, -0.2) is 29.2 Å². The van der Waals surface area contributed by atoms with Gasteiger partial charge in [0.1, 0.15) is 6.61 Å². The van der Waals surface area contributed by atoms with Crippen LogP contribution in [0.2, 0.25) is 0 Å². The fourth-order valence-corrected chi connectivity index (χ4v) is 2.73. The monoisotopic (exact) mass is 207 g/mol. The van der Waals surface area contributed by atoms with Crippen molar-refractivity contribution in [2.45, 2.75) is 32.2 Å². The second-order valence-corrected chi connectivity index (χ2v) is 4.39. The summed E-state index contributed by atoms with van der Waals surface area (Å²) >= 11 is 0. The van der Waals surface area contributed by atoms with Gasteiger partial charge < -0.3 is 10.1 Å². The summed E-state index contributed by atoms with van der Waals surface area (Å²) in [6.07, 6.45) is 2.46. The molecule has 0 unspecified atom stereocenters. The van der Waals surface area contributed by atoms with E-state index < -0.39 is 0 Å². The summed E-state index contributed by atoms with van der Waals surface area (Å²) in [6.45, 7) is 6.14. The molecule has 1 N–H and O–H groups in total. The molecule has 0 aliphatic carbocycles. The molecule has 1 aromatic heterocycles. The van der Waals surface area contributed by atoms with Crippen LogP contribution in [0.5, 0.6) is 6.01 Å². The minimum Gasteiger partial charge on any atom is -0.463 e. The molecule has 0 amide bonds. The first-order valence-corrected chi connectivity index (χ1v) is 5.77. The van der Waals surface area contributed by atoms with Crippen molar-refractivity contribution in [1.29, 1.82) is 0 Å². The first-order chi connectivity index (χ1) is 7.36. The minimum atomic E-state index is 0.675. The van der Waals surface area contributed by atoms with Gasteiger partial charge in [0, 0.05) is 11.6 Å². The van der Waals surface area contributed by atoms with Gasteiger partial charge in [-0.15, -0.1) is 0 Å². The summed E-state index contributed by atoms with van der Waals surface area (Å²) in [5, 5.41) is 3.40. The van der Waals surface area contributed by atoms with E-state index in [0.717, 1.165) is 37.9 Å². The summed E-state index contributed by atoms with van der Waals surface area (Å²) in [6, 6.07) is 0.834. The standard InChI is InChI=1S/C11H17N3O/c1-8-10(9-2-4-12-5-3-9)14-6-7-15-11(14)13-8/h9,12H,2-7H2,1H3. The van der Waals surface area contributed by atoms with E-state index in [1.807, 2.05) is 0 Å². The van der Waals surface area contributed by atoms with Crippen LogP contribution in [0.25, 0.3) is 0 Å². The van der Waals surface area contributed by atoms with E-state index in [1.165, 1.54) is 18.5 Å². The summed E-state index contributed by atoms with van der Waals surface area (Å²) in [7, 11) is 0. The third kappa shape index (κ3) is 1.44. The maximum Gasteiger partial charge on any atom is 0.296 e. The highest BCUT2D eigenvalue weighted by Crippen LogP contribution is 2.32. The molecule has 0 atom stereocenters. The zero-order valence-electron chi connectivity index (χ0n) is 9.12. The maximum atomic E-state index is 5.49. The molecular weight excluding hydrogens is 190 g/mol. The molecule has 0 spiro atoms. The Balaban J connectivity index is 1.95. The van der Waals surface area contributed by atoms with E-state index in [-0.39, 0.29) is 0 Å². The van der Waals surface area contributed by atoms with Gasteiger partial charge in [-0.25, -0.2) is 4.98 Å². The van der Waals surface area contributed by atoms with Crippen LogP contribution < -0.4 is 10.1 Å². The molecule has 4 nitrogen and oxygen atoms in total.